The highest BCUT2D eigenvalue weighted by Gasteiger charge is 1.94. The van der Waals surface area contributed by atoms with Crippen LogP contribution in [0.5, 0.6) is 0 Å². The van der Waals surface area contributed by atoms with Gasteiger partial charge >= 0.3 is 5.97 Å². The lowest BCUT2D eigenvalue weighted by atomic mass is 10.1. The monoisotopic (exact) mass is 326 g/mol. The maximum atomic E-state index is 10.3. The third-order valence-electron chi connectivity index (χ3n) is 3.98. The smallest absolute Gasteiger partial charge is 0.303 e. The van der Waals surface area contributed by atoms with E-state index in [0.29, 0.717) is 0 Å². The maximum Gasteiger partial charge on any atom is 0.303 e. The molecule has 0 heterocycles. The van der Waals surface area contributed by atoms with Gasteiger partial charge in [0, 0.05) is 19.6 Å². The molecule has 0 aliphatic carbocycles. The summed E-state index contributed by atoms with van der Waals surface area (Å²) in [5.74, 6) is -0.694. The molecule has 0 aromatic heterocycles. The number of ether oxygens (including phenoxy) is 1. The molecule has 0 saturated heterocycles. The second-order valence-electron chi connectivity index (χ2n) is 6.34. The lowest BCUT2D eigenvalue weighted by molar-refractivity contribution is -0.137. The number of hydrogen-bond acceptors (Lipinski definition) is 2. The Hall–Kier alpha value is -0.830. The van der Waals surface area contributed by atoms with Crippen LogP contribution in [-0.2, 0) is 9.53 Å². The molecule has 136 valence electrons. The van der Waals surface area contributed by atoms with Gasteiger partial charge < -0.3 is 9.84 Å². The molecular weight excluding hydrogens is 288 g/mol. The molecule has 0 aromatic carbocycles. The normalized spacial score (nSPS) is 11.3. The molecule has 0 rings (SSSR count). The average molecular weight is 327 g/mol. The standard InChI is InChI=1S/C20H38O3/c1-2-3-4-15-18-23-19-16-13-11-9-7-5-6-8-10-12-14-17-20(21)22/h8,10H,2-7,9,11-19H2,1H3,(H,21,22)/b10-8+. The third-order valence-corrected chi connectivity index (χ3v) is 3.98. The molecule has 23 heavy (non-hydrogen) atoms. The minimum atomic E-state index is -0.694. The molecule has 0 bridgehead atoms. The highest BCUT2D eigenvalue weighted by atomic mass is 16.5. The number of allylic oxidation sites excluding steroid dienone is 2. The van der Waals surface area contributed by atoms with Gasteiger partial charge in [-0.1, -0.05) is 64.0 Å². The first-order valence-corrected chi connectivity index (χ1v) is 9.72. The lowest BCUT2D eigenvalue weighted by Crippen LogP contribution is -1.97. The molecule has 0 atom stereocenters. The van der Waals surface area contributed by atoms with Crippen LogP contribution in [-0.4, -0.2) is 24.3 Å². The first-order valence-electron chi connectivity index (χ1n) is 9.72. The first-order chi connectivity index (χ1) is 11.3. The summed E-state index contributed by atoms with van der Waals surface area (Å²) in [6, 6.07) is 0. The van der Waals surface area contributed by atoms with Crippen molar-refractivity contribution >= 4 is 5.97 Å². The van der Waals surface area contributed by atoms with E-state index in [1.165, 1.54) is 64.2 Å². The van der Waals surface area contributed by atoms with Crippen molar-refractivity contribution in [1.82, 2.24) is 0 Å². The highest BCUT2D eigenvalue weighted by molar-refractivity contribution is 5.66. The van der Waals surface area contributed by atoms with Gasteiger partial charge in [-0.05, 0) is 38.5 Å². The minimum absolute atomic E-state index is 0.285. The number of carboxylic acid groups (broad SMARTS) is 1. The van der Waals surface area contributed by atoms with Gasteiger partial charge in [-0.3, -0.25) is 4.79 Å². The van der Waals surface area contributed by atoms with E-state index in [2.05, 4.69) is 19.1 Å². The Labute approximate surface area is 143 Å². The van der Waals surface area contributed by atoms with E-state index in [9.17, 15) is 4.79 Å². The number of rotatable bonds is 18. The Morgan fingerprint density at radius 1 is 0.783 bits per heavy atom. The van der Waals surface area contributed by atoms with E-state index in [1.54, 1.807) is 0 Å². The molecule has 0 fully saturated rings. The first kappa shape index (κ1) is 22.2. The summed E-state index contributed by atoms with van der Waals surface area (Å²) in [4.78, 5) is 10.3. The van der Waals surface area contributed by atoms with E-state index in [0.717, 1.165) is 32.5 Å². The van der Waals surface area contributed by atoms with Gasteiger partial charge in [-0.2, -0.15) is 0 Å². The Bertz CT molecular complexity index is 274. The van der Waals surface area contributed by atoms with Crippen LogP contribution < -0.4 is 0 Å². The van der Waals surface area contributed by atoms with Crippen molar-refractivity contribution in [2.24, 2.45) is 0 Å². The van der Waals surface area contributed by atoms with Gasteiger partial charge in [0.25, 0.3) is 0 Å². The van der Waals surface area contributed by atoms with E-state index in [4.69, 9.17) is 9.84 Å². The molecule has 0 spiro atoms. The molecule has 0 unspecified atom stereocenters. The van der Waals surface area contributed by atoms with Crippen LogP contribution in [0.4, 0.5) is 0 Å². The van der Waals surface area contributed by atoms with Crippen molar-refractivity contribution < 1.29 is 14.6 Å². The largest absolute Gasteiger partial charge is 0.481 e. The van der Waals surface area contributed by atoms with Gasteiger partial charge in [0.15, 0.2) is 0 Å². The van der Waals surface area contributed by atoms with Gasteiger partial charge in [0.05, 0.1) is 0 Å². The quantitative estimate of drug-likeness (QED) is 0.243. The van der Waals surface area contributed by atoms with Crippen LogP contribution in [0.1, 0.15) is 96.8 Å². The Morgan fingerprint density at radius 3 is 1.91 bits per heavy atom. The topological polar surface area (TPSA) is 46.5 Å². The van der Waals surface area contributed by atoms with Gasteiger partial charge in [-0.15, -0.1) is 0 Å². The van der Waals surface area contributed by atoms with Gasteiger partial charge in [0.1, 0.15) is 0 Å². The number of carboxylic acids is 1. The highest BCUT2D eigenvalue weighted by Crippen LogP contribution is 2.08. The molecule has 0 aliphatic rings. The van der Waals surface area contributed by atoms with Crippen LogP contribution in [0.25, 0.3) is 0 Å². The Balaban J connectivity index is 3.05. The molecule has 0 amide bonds. The molecule has 3 nitrogen and oxygen atoms in total. The van der Waals surface area contributed by atoms with E-state index < -0.39 is 5.97 Å². The fraction of sp³-hybridized carbons (Fsp3) is 0.850. The molecule has 0 aromatic rings. The summed E-state index contributed by atoms with van der Waals surface area (Å²) in [6.45, 7) is 4.11. The van der Waals surface area contributed by atoms with E-state index in [-0.39, 0.29) is 6.42 Å². The van der Waals surface area contributed by atoms with Crippen molar-refractivity contribution in [3.05, 3.63) is 12.2 Å². The summed E-state index contributed by atoms with van der Waals surface area (Å²) in [5, 5.41) is 8.52. The number of hydrogen-bond donors (Lipinski definition) is 1. The zero-order chi connectivity index (χ0) is 17.0. The van der Waals surface area contributed by atoms with Crippen LogP contribution >= 0.6 is 0 Å². The van der Waals surface area contributed by atoms with Crippen LogP contribution in [0.15, 0.2) is 12.2 Å². The fourth-order valence-electron chi connectivity index (χ4n) is 2.51. The number of aliphatic carboxylic acids is 1. The zero-order valence-electron chi connectivity index (χ0n) is 15.2. The van der Waals surface area contributed by atoms with E-state index in [1.807, 2.05) is 0 Å². The predicted octanol–water partition coefficient (Wildman–Crippen LogP) is 6.13. The summed E-state index contributed by atoms with van der Waals surface area (Å²) < 4.78 is 5.64. The predicted molar refractivity (Wildman–Crippen MR) is 97.9 cm³/mol. The van der Waals surface area contributed by atoms with Crippen molar-refractivity contribution in [3.8, 4) is 0 Å². The van der Waals surface area contributed by atoms with Crippen molar-refractivity contribution in [2.75, 3.05) is 13.2 Å². The van der Waals surface area contributed by atoms with E-state index >= 15 is 0 Å². The maximum absolute atomic E-state index is 10.3. The molecule has 1 N–H and O–H groups in total. The van der Waals surface area contributed by atoms with Crippen LogP contribution in [0.3, 0.4) is 0 Å². The SMILES string of the molecule is CCCCCCOCCCCCCCC/C=C/CCCC(=O)O. The van der Waals surface area contributed by atoms with Crippen molar-refractivity contribution in [1.29, 1.82) is 0 Å². The Morgan fingerprint density at radius 2 is 1.30 bits per heavy atom. The molecular formula is C20H38O3. The molecule has 0 aliphatic heterocycles. The Kier molecular flexibility index (Phi) is 18.5. The summed E-state index contributed by atoms with van der Waals surface area (Å²) >= 11 is 0. The van der Waals surface area contributed by atoms with Gasteiger partial charge in [-0.25, -0.2) is 0 Å². The third kappa shape index (κ3) is 21.2. The second kappa shape index (κ2) is 19.2. The fourth-order valence-corrected chi connectivity index (χ4v) is 2.51. The lowest BCUT2D eigenvalue weighted by Gasteiger charge is -2.04. The number of carbonyl (C=O) groups is 1. The van der Waals surface area contributed by atoms with Crippen LogP contribution in [0, 0.1) is 0 Å². The summed E-state index contributed by atoms with van der Waals surface area (Å²) in [6.07, 6.45) is 20.2. The molecule has 0 saturated carbocycles. The second-order valence-corrected chi connectivity index (χ2v) is 6.34. The average Bonchev–Trinajstić information content (AvgIpc) is 2.53. The van der Waals surface area contributed by atoms with Crippen molar-refractivity contribution in [3.63, 3.8) is 0 Å². The number of unbranched alkanes of at least 4 members (excludes halogenated alkanes) is 10. The zero-order valence-corrected chi connectivity index (χ0v) is 15.2. The molecule has 3 heteroatoms. The summed E-state index contributed by atoms with van der Waals surface area (Å²) in [5.41, 5.74) is 0. The van der Waals surface area contributed by atoms with Crippen molar-refractivity contribution in [2.45, 2.75) is 96.8 Å². The van der Waals surface area contributed by atoms with Gasteiger partial charge in [0.2, 0.25) is 0 Å². The summed E-state index contributed by atoms with van der Waals surface area (Å²) in [7, 11) is 0. The minimum Gasteiger partial charge on any atom is -0.481 e. The molecule has 0 radical (unpaired) electrons. The van der Waals surface area contributed by atoms with Crippen LogP contribution in [0.2, 0.25) is 0 Å².